The highest BCUT2D eigenvalue weighted by molar-refractivity contribution is 7.92. The van der Waals surface area contributed by atoms with Gasteiger partial charge in [-0.2, -0.15) is 4.68 Å². The smallest absolute Gasteiger partial charge is 0.264 e. The number of carbonyl (C=O) groups excluding carboxylic acids is 1. The fraction of sp³-hybridized carbons (Fsp3) is 0. The van der Waals surface area contributed by atoms with Gasteiger partial charge in [-0.1, -0.05) is 29.6 Å². The number of aromatic nitrogens is 4. The second-order valence-electron chi connectivity index (χ2n) is 6.63. The van der Waals surface area contributed by atoms with Crippen LogP contribution in [0.2, 0.25) is 0 Å². The number of rotatable bonds is 7. The van der Waals surface area contributed by atoms with Crippen molar-refractivity contribution in [3.05, 3.63) is 83.6 Å². The second-order valence-corrected chi connectivity index (χ2v) is 8.70. The van der Waals surface area contributed by atoms with Crippen molar-refractivity contribution < 1.29 is 18.3 Å². The van der Waals surface area contributed by atoms with Crippen molar-refractivity contribution in [3.8, 4) is 0 Å². The number of nitrogens with one attached hydrogen (secondary N) is 1. The molecule has 34 heavy (non-hydrogen) atoms. The van der Waals surface area contributed by atoms with Gasteiger partial charge in [-0.15, -0.1) is 5.11 Å². The zero-order chi connectivity index (χ0) is 24.1. The zero-order valence-corrected chi connectivity index (χ0v) is 18.8. The van der Waals surface area contributed by atoms with Crippen molar-refractivity contribution in [1.29, 1.82) is 0 Å². The van der Waals surface area contributed by atoms with Crippen LogP contribution in [0.25, 0.3) is 16.6 Å². The highest BCUT2D eigenvalue weighted by Gasteiger charge is 2.15. The molecular weight excluding hydrogens is 478 g/mol. The van der Waals surface area contributed by atoms with Gasteiger partial charge in [0.1, 0.15) is 5.69 Å². The number of fused-ring (bicyclic) bond motifs is 1. The zero-order valence-electron chi connectivity index (χ0n) is 17.2. The number of aliphatic hydroxyl groups excluding tert-OH is 1. The van der Waals surface area contributed by atoms with Crippen LogP contribution in [0, 0.1) is 4.64 Å². The highest BCUT2D eigenvalue weighted by Crippen LogP contribution is 2.22. The van der Waals surface area contributed by atoms with E-state index in [-0.39, 0.29) is 26.8 Å². The number of nitrogens with zero attached hydrogens (tertiary/aromatic N) is 6. The second kappa shape index (κ2) is 9.64. The first-order valence-corrected chi connectivity index (χ1v) is 11.5. The molecule has 0 spiro atoms. The van der Waals surface area contributed by atoms with Crippen LogP contribution in [0.3, 0.4) is 0 Å². The van der Waals surface area contributed by atoms with E-state index in [1.54, 1.807) is 30.3 Å². The summed E-state index contributed by atoms with van der Waals surface area (Å²) < 4.78 is 28.7. The van der Waals surface area contributed by atoms with Crippen molar-refractivity contribution >= 4 is 56.8 Å². The third-order valence-corrected chi connectivity index (χ3v) is 6.18. The molecule has 0 aliphatic rings. The molecule has 0 saturated heterocycles. The van der Waals surface area contributed by atoms with Gasteiger partial charge < -0.3 is 5.11 Å². The number of allylic oxidation sites excluding steroid dienone is 1. The van der Waals surface area contributed by atoms with Crippen LogP contribution >= 0.6 is 12.2 Å². The lowest BCUT2D eigenvalue weighted by Crippen LogP contribution is -2.14. The topological polar surface area (TPSA) is 152 Å². The van der Waals surface area contributed by atoms with Gasteiger partial charge in [-0.05, 0) is 42.5 Å². The van der Waals surface area contributed by atoms with Crippen molar-refractivity contribution in [2.45, 2.75) is 4.90 Å². The summed E-state index contributed by atoms with van der Waals surface area (Å²) in [6, 6.07) is 14.1. The van der Waals surface area contributed by atoms with Gasteiger partial charge in [0.15, 0.2) is 10.9 Å². The third kappa shape index (κ3) is 4.69. The number of anilines is 1. The Morgan fingerprint density at radius 2 is 1.76 bits per heavy atom. The average molecular weight is 494 g/mol. The molecule has 0 unspecified atom stereocenters. The molecule has 0 saturated carbocycles. The molecule has 0 fully saturated rings. The van der Waals surface area contributed by atoms with E-state index in [9.17, 15) is 18.3 Å². The Labute approximate surface area is 198 Å². The predicted molar refractivity (Wildman–Crippen MR) is 126 cm³/mol. The summed E-state index contributed by atoms with van der Waals surface area (Å²) in [6.45, 7) is 0. The van der Waals surface area contributed by atoms with Crippen molar-refractivity contribution in [1.82, 2.24) is 19.6 Å². The van der Waals surface area contributed by atoms with Gasteiger partial charge in [0.25, 0.3) is 10.0 Å². The Kier molecular flexibility index (Phi) is 6.47. The number of benzene rings is 2. The highest BCUT2D eigenvalue weighted by atomic mass is 32.2. The van der Waals surface area contributed by atoms with Gasteiger partial charge in [-0.25, -0.2) is 28.1 Å². The maximum atomic E-state index is 12.5. The van der Waals surface area contributed by atoms with Gasteiger partial charge in [-0.3, -0.25) is 4.79 Å². The van der Waals surface area contributed by atoms with Gasteiger partial charge in [0.05, 0.1) is 33.5 Å². The largest absolute Gasteiger partial charge is 0.515 e. The van der Waals surface area contributed by atoms with E-state index >= 15 is 0 Å². The average Bonchev–Trinajstić information content (AvgIpc) is 2.85. The number of hydrogen-bond donors (Lipinski definition) is 2. The maximum Gasteiger partial charge on any atom is 0.264 e. The molecule has 4 aromatic rings. The molecule has 2 heterocycles. The lowest BCUT2D eigenvalue weighted by molar-refractivity contribution is -0.103. The van der Waals surface area contributed by atoms with Crippen molar-refractivity contribution in [3.63, 3.8) is 0 Å². The molecule has 13 heteroatoms. The standard InChI is InChI=1S/C21H15N7O4S2/c29-12-14(13-30)19-20(33)28(18-5-2-1-4-17(18)24-19)27-25-15-6-8-16(9-7-15)34(31,32)26-21-22-10-3-11-23-21/h1-13,29H,(H,22,23,26)/b14-12-,27-25?. The Balaban J connectivity index is 1.68. The first-order chi connectivity index (χ1) is 16.4. The van der Waals surface area contributed by atoms with E-state index in [4.69, 9.17) is 12.2 Å². The molecule has 0 radical (unpaired) electrons. The molecular formula is C21H15N7O4S2. The quantitative estimate of drug-likeness (QED) is 0.129. The SMILES string of the molecule is O=C/C(=C/O)c1nc2ccccc2n(N=Nc2ccc(S(=O)(=O)Nc3ncccn3)cc2)c1=S. The summed E-state index contributed by atoms with van der Waals surface area (Å²) in [5.41, 5.74) is 1.30. The molecule has 4 rings (SSSR count). The van der Waals surface area contributed by atoms with Crippen LogP contribution in [0.1, 0.15) is 5.69 Å². The molecule has 0 aliphatic carbocycles. The van der Waals surface area contributed by atoms with Crippen LogP contribution in [-0.2, 0) is 14.8 Å². The fourth-order valence-electron chi connectivity index (χ4n) is 2.86. The molecule has 2 aromatic carbocycles. The summed E-state index contributed by atoms with van der Waals surface area (Å²) in [7, 11) is -3.89. The minimum atomic E-state index is -3.89. The summed E-state index contributed by atoms with van der Waals surface area (Å²) in [5.74, 6) is -0.0485. The van der Waals surface area contributed by atoms with Crippen LogP contribution in [0.15, 0.2) is 88.5 Å². The Hall–Kier alpha value is -4.36. The number of aldehydes is 1. The first-order valence-electron chi connectivity index (χ1n) is 9.56. The molecule has 2 aromatic heterocycles. The minimum Gasteiger partial charge on any atom is -0.515 e. The number of sulfonamides is 1. The van der Waals surface area contributed by atoms with Crippen LogP contribution in [-0.4, -0.2) is 39.4 Å². The third-order valence-electron chi connectivity index (χ3n) is 4.46. The Bertz CT molecular complexity index is 1580. The predicted octanol–water partition coefficient (Wildman–Crippen LogP) is 4.00. The van der Waals surface area contributed by atoms with Gasteiger partial charge in [0, 0.05) is 12.4 Å². The lowest BCUT2D eigenvalue weighted by Gasteiger charge is -2.08. The van der Waals surface area contributed by atoms with E-state index in [0.29, 0.717) is 29.3 Å². The van der Waals surface area contributed by atoms with E-state index in [1.807, 2.05) is 0 Å². The number of para-hydroxylation sites is 2. The normalized spacial score (nSPS) is 12.2. The summed E-state index contributed by atoms with van der Waals surface area (Å²) in [5, 5.41) is 17.6. The molecule has 0 atom stereocenters. The fourth-order valence-corrected chi connectivity index (χ4v) is 4.12. The molecule has 2 N–H and O–H groups in total. The lowest BCUT2D eigenvalue weighted by atomic mass is 10.2. The Morgan fingerprint density at radius 3 is 2.44 bits per heavy atom. The van der Waals surface area contributed by atoms with E-state index in [1.165, 1.54) is 41.3 Å². The van der Waals surface area contributed by atoms with E-state index < -0.39 is 10.0 Å². The summed E-state index contributed by atoms with van der Waals surface area (Å²) in [4.78, 5) is 23.3. The van der Waals surface area contributed by atoms with Crippen LogP contribution < -0.4 is 4.72 Å². The summed E-state index contributed by atoms with van der Waals surface area (Å²) in [6.07, 6.45) is 3.89. The monoisotopic (exact) mass is 493 g/mol. The number of aliphatic hydroxyl groups is 1. The van der Waals surface area contributed by atoms with Crippen LogP contribution in [0.5, 0.6) is 0 Å². The molecule has 0 amide bonds. The molecule has 0 aliphatic heterocycles. The molecule has 11 nitrogen and oxygen atoms in total. The molecule has 0 bridgehead atoms. The summed E-state index contributed by atoms with van der Waals surface area (Å²) >= 11 is 5.41. The Morgan fingerprint density at radius 1 is 1.06 bits per heavy atom. The number of hydrogen-bond acceptors (Lipinski definition) is 10. The van der Waals surface area contributed by atoms with Crippen LogP contribution in [0.4, 0.5) is 11.6 Å². The minimum absolute atomic E-state index is 0.0177. The van der Waals surface area contributed by atoms with E-state index in [2.05, 4.69) is 30.0 Å². The maximum absolute atomic E-state index is 12.5. The number of carbonyl (C=O) groups is 1. The van der Waals surface area contributed by atoms with E-state index in [0.717, 1.165) is 0 Å². The van der Waals surface area contributed by atoms with Crippen molar-refractivity contribution in [2.24, 2.45) is 10.3 Å². The van der Waals surface area contributed by atoms with Gasteiger partial charge in [0.2, 0.25) is 5.95 Å². The molecule has 170 valence electrons. The van der Waals surface area contributed by atoms with Gasteiger partial charge >= 0.3 is 0 Å². The first kappa shape index (κ1) is 22.8. The van der Waals surface area contributed by atoms with Crippen molar-refractivity contribution in [2.75, 3.05) is 4.72 Å².